The Morgan fingerprint density at radius 2 is 2.00 bits per heavy atom. The maximum Gasteiger partial charge on any atom is 0.315 e. The molecule has 0 spiro atoms. The topological polar surface area (TPSA) is 94.6 Å². The molecule has 0 atom stereocenters. The van der Waals surface area contributed by atoms with Gasteiger partial charge in [-0.05, 0) is 43.4 Å². The van der Waals surface area contributed by atoms with Crippen molar-refractivity contribution in [2.75, 3.05) is 24.5 Å². The summed E-state index contributed by atoms with van der Waals surface area (Å²) in [6, 6.07) is 3.61. The van der Waals surface area contributed by atoms with E-state index in [1.807, 2.05) is 12.1 Å². The minimum absolute atomic E-state index is 0.0594. The van der Waals surface area contributed by atoms with E-state index in [2.05, 4.69) is 20.5 Å². The summed E-state index contributed by atoms with van der Waals surface area (Å²) in [5.74, 6) is 0.111. The number of nitrogens with one attached hydrogen (secondary N) is 2. The highest BCUT2D eigenvalue weighted by molar-refractivity contribution is 5.74. The Hall–Kier alpha value is -2.31. The summed E-state index contributed by atoms with van der Waals surface area (Å²) in [7, 11) is 0. The van der Waals surface area contributed by atoms with Gasteiger partial charge in [0, 0.05) is 38.8 Å². The van der Waals surface area contributed by atoms with Gasteiger partial charge in [-0.2, -0.15) is 0 Å². The van der Waals surface area contributed by atoms with Gasteiger partial charge >= 0.3 is 12.0 Å². The second kappa shape index (κ2) is 8.97. The molecule has 0 aliphatic carbocycles. The number of amides is 2. The van der Waals surface area contributed by atoms with Crippen LogP contribution in [0, 0.1) is 0 Å². The molecule has 1 aromatic heterocycles. The molecule has 126 valence electrons. The van der Waals surface area contributed by atoms with Crippen LogP contribution in [0.2, 0.25) is 0 Å². The van der Waals surface area contributed by atoms with Crippen molar-refractivity contribution in [1.29, 1.82) is 0 Å². The van der Waals surface area contributed by atoms with Crippen LogP contribution in [0.25, 0.3) is 0 Å². The predicted octanol–water partition coefficient (Wildman–Crippen LogP) is 1.74. The van der Waals surface area contributed by atoms with Gasteiger partial charge in [0.25, 0.3) is 0 Å². The summed E-state index contributed by atoms with van der Waals surface area (Å²) in [6.07, 6.45) is 5.93. The maximum absolute atomic E-state index is 11.7. The first-order valence-corrected chi connectivity index (χ1v) is 8.08. The van der Waals surface area contributed by atoms with Crippen LogP contribution in [0.5, 0.6) is 0 Å². The lowest BCUT2D eigenvalue weighted by Crippen LogP contribution is -2.35. The third-order valence-corrected chi connectivity index (χ3v) is 3.80. The SMILES string of the molecule is O=C(O)CCCNC(=O)NCc1ccnc(N2CCCCC2)c1. The van der Waals surface area contributed by atoms with Crippen LogP contribution in [-0.4, -0.2) is 41.7 Å². The Bertz CT molecular complexity index is 530. The van der Waals surface area contributed by atoms with Gasteiger partial charge in [-0.1, -0.05) is 0 Å². The number of carbonyl (C=O) groups is 2. The van der Waals surface area contributed by atoms with Crippen LogP contribution >= 0.6 is 0 Å². The molecule has 1 fully saturated rings. The summed E-state index contributed by atoms with van der Waals surface area (Å²) in [4.78, 5) is 28.7. The van der Waals surface area contributed by atoms with Crippen molar-refractivity contribution in [3.05, 3.63) is 23.9 Å². The van der Waals surface area contributed by atoms with Gasteiger partial charge in [-0.15, -0.1) is 0 Å². The lowest BCUT2D eigenvalue weighted by Gasteiger charge is -2.27. The summed E-state index contributed by atoms with van der Waals surface area (Å²) < 4.78 is 0. The monoisotopic (exact) mass is 320 g/mol. The van der Waals surface area contributed by atoms with E-state index in [1.54, 1.807) is 6.20 Å². The van der Waals surface area contributed by atoms with Crippen molar-refractivity contribution >= 4 is 17.8 Å². The average molecular weight is 320 g/mol. The van der Waals surface area contributed by atoms with Gasteiger partial charge in [0.05, 0.1) is 0 Å². The quantitative estimate of drug-likeness (QED) is 0.665. The van der Waals surface area contributed by atoms with Gasteiger partial charge in [0.2, 0.25) is 0 Å². The molecular formula is C16H24N4O3. The molecule has 7 nitrogen and oxygen atoms in total. The van der Waals surface area contributed by atoms with Gasteiger partial charge < -0.3 is 20.6 Å². The van der Waals surface area contributed by atoms with Crippen LogP contribution in [0.4, 0.5) is 10.6 Å². The van der Waals surface area contributed by atoms with Crippen molar-refractivity contribution in [3.8, 4) is 0 Å². The maximum atomic E-state index is 11.7. The number of hydrogen-bond donors (Lipinski definition) is 3. The number of nitrogens with zero attached hydrogens (tertiary/aromatic N) is 2. The Kier molecular flexibility index (Phi) is 6.65. The fourth-order valence-electron chi connectivity index (χ4n) is 2.55. The fourth-order valence-corrected chi connectivity index (χ4v) is 2.55. The molecule has 2 rings (SSSR count). The predicted molar refractivity (Wildman–Crippen MR) is 87.4 cm³/mol. The number of urea groups is 1. The smallest absolute Gasteiger partial charge is 0.315 e. The van der Waals surface area contributed by atoms with Crippen molar-refractivity contribution in [1.82, 2.24) is 15.6 Å². The molecule has 2 amide bonds. The van der Waals surface area contributed by atoms with Crippen molar-refractivity contribution < 1.29 is 14.7 Å². The second-order valence-corrected chi connectivity index (χ2v) is 5.68. The van der Waals surface area contributed by atoms with E-state index < -0.39 is 5.97 Å². The number of pyridine rings is 1. The third-order valence-electron chi connectivity index (χ3n) is 3.80. The zero-order chi connectivity index (χ0) is 16.5. The van der Waals surface area contributed by atoms with E-state index in [4.69, 9.17) is 5.11 Å². The summed E-state index contributed by atoms with van der Waals surface area (Å²) in [5, 5.41) is 13.9. The normalized spacial score (nSPS) is 14.3. The number of anilines is 1. The van der Waals surface area contributed by atoms with Crippen LogP contribution < -0.4 is 15.5 Å². The van der Waals surface area contributed by atoms with Crippen molar-refractivity contribution in [3.63, 3.8) is 0 Å². The minimum Gasteiger partial charge on any atom is -0.481 e. The first-order chi connectivity index (χ1) is 11.1. The van der Waals surface area contributed by atoms with E-state index in [0.717, 1.165) is 24.5 Å². The summed E-state index contributed by atoms with van der Waals surface area (Å²) in [5.41, 5.74) is 1.00. The lowest BCUT2D eigenvalue weighted by molar-refractivity contribution is -0.137. The molecule has 23 heavy (non-hydrogen) atoms. The molecule has 7 heteroatoms. The van der Waals surface area contributed by atoms with E-state index in [-0.39, 0.29) is 12.5 Å². The zero-order valence-corrected chi connectivity index (χ0v) is 13.3. The van der Waals surface area contributed by atoms with E-state index in [0.29, 0.717) is 19.5 Å². The van der Waals surface area contributed by atoms with E-state index >= 15 is 0 Å². The number of piperidine rings is 1. The van der Waals surface area contributed by atoms with Gasteiger partial charge in [0.1, 0.15) is 5.82 Å². The number of carbonyl (C=O) groups excluding carboxylic acids is 1. The van der Waals surface area contributed by atoms with Crippen LogP contribution in [0.3, 0.4) is 0 Å². The molecule has 2 heterocycles. The number of carboxylic acids is 1. The Labute approximate surface area is 136 Å². The third kappa shape index (κ3) is 6.14. The van der Waals surface area contributed by atoms with Crippen molar-refractivity contribution in [2.45, 2.75) is 38.6 Å². The highest BCUT2D eigenvalue weighted by Crippen LogP contribution is 2.18. The largest absolute Gasteiger partial charge is 0.481 e. The molecule has 0 radical (unpaired) electrons. The minimum atomic E-state index is -0.853. The lowest BCUT2D eigenvalue weighted by atomic mass is 10.1. The van der Waals surface area contributed by atoms with Gasteiger partial charge in [-0.3, -0.25) is 4.79 Å². The van der Waals surface area contributed by atoms with E-state index in [9.17, 15) is 9.59 Å². The molecule has 0 unspecified atom stereocenters. The molecule has 3 N–H and O–H groups in total. The highest BCUT2D eigenvalue weighted by atomic mass is 16.4. The van der Waals surface area contributed by atoms with Crippen molar-refractivity contribution in [2.24, 2.45) is 0 Å². The highest BCUT2D eigenvalue weighted by Gasteiger charge is 2.12. The van der Waals surface area contributed by atoms with Gasteiger partial charge in [0.15, 0.2) is 0 Å². The number of aromatic nitrogens is 1. The zero-order valence-electron chi connectivity index (χ0n) is 13.3. The molecule has 1 aliphatic heterocycles. The Balaban J connectivity index is 1.74. The second-order valence-electron chi connectivity index (χ2n) is 5.68. The Morgan fingerprint density at radius 3 is 2.74 bits per heavy atom. The molecule has 0 aromatic carbocycles. The molecule has 0 saturated carbocycles. The average Bonchev–Trinajstić information content (AvgIpc) is 2.58. The first-order valence-electron chi connectivity index (χ1n) is 8.08. The summed E-state index contributed by atoms with van der Waals surface area (Å²) in [6.45, 7) is 2.85. The van der Waals surface area contributed by atoms with Gasteiger partial charge in [-0.25, -0.2) is 9.78 Å². The molecule has 1 saturated heterocycles. The molecule has 1 aromatic rings. The number of aliphatic carboxylic acids is 1. The Morgan fingerprint density at radius 1 is 1.22 bits per heavy atom. The number of carboxylic acid groups (broad SMARTS) is 1. The summed E-state index contributed by atoms with van der Waals surface area (Å²) >= 11 is 0. The van der Waals surface area contributed by atoms with Crippen LogP contribution in [0.15, 0.2) is 18.3 Å². The van der Waals surface area contributed by atoms with Crippen LogP contribution in [0.1, 0.15) is 37.7 Å². The molecular weight excluding hydrogens is 296 g/mol. The number of hydrogen-bond acceptors (Lipinski definition) is 4. The van der Waals surface area contributed by atoms with E-state index in [1.165, 1.54) is 19.3 Å². The standard InChI is InChI=1S/C16H24N4O3/c21-15(22)5-4-7-18-16(23)19-12-13-6-8-17-14(11-13)20-9-2-1-3-10-20/h6,8,11H,1-5,7,9-10,12H2,(H,21,22)(H2,18,19,23). The molecule has 0 bridgehead atoms. The first kappa shape index (κ1) is 17.1. The molecule has 1 aliphatic rings. The van der Waals surface area contributed by atoms with Crippen LogP contribution in [-0.2, 0) is 11.3 Å². The fraction of sp³-hybridized carbons (Fsp3) is 0.562. The number of rotatable bonds is 7.